The number of amides is 1. The van der Waals surface area contributed by atoms with Crippen molar-refractivity contribution in [3.05, 3.63) is 24.3 Å². The van der Waals surface area contributed by atoms with E-state index in [1.54, 1.807) is 6.08 Å². The first-order chi connectivity index (χ1) is 23.9. The van der Waals surface area contributed by atoms with Gasteiger partial charge in [-0.05, 0) is 32.1 Å². The van der Waals surface area contributed by atoms with E-state index in [1.807, 2.05) is 6.08 Å². The molecule has 0 radical (unpaired) electrons. The molecule has 0 aromatic heterocycles. The molecule has 0 aliphatic carbocycles. The van der Waals surface area contributed by atoms with Gasteiger partial charge in [0.25, 0.3) is 0 Å². The molecule has 0 fully saturated rings. The zero-order chi connectivity index (χ0) is 36.1. The second-order valence-electron chi connectivity index (χ2n) is 13.8. The maximum absolute atomic E-state index is 12.7. The summed E-state index contributed by atoms with van der Waals surface area (Å²) < 4.78 is 22.1. The van der Waals surface area contributed by atoms with Crippen LogP contribution >= 0.6 is 7.82 Å². The van der Waals surface area contributed by atoms with E-state index in [-0.39, 0.29) is 25.7 Å². The van der Waals surface area contributed by atoms with Crippen molar-refractivity contribution < 1.29 is 28.4 Å². The van der Waals surface area contributed by atoms with Crippen molar-refractivity contribution in [1.82, 2.24) is 5.32 Å². The Balaban J connectivity index is 4.30. The predicted molar refractivity (Wildman–Crippen MR) is 208 cm³/mol. The molecule has 0 saturated heterocycles. The SMILES string of the molecule is CCCCCCCCCCCCC/C=C/CC/C=C/C(O)C(COP(=O)(O)OCCN)NC(=O)CCCCCCCCCCCCCCC. The zero-order valence-electron chi connectivity index (χ0n) is 31.9. The van der Waals surface area contributed by atoms with Gasteiger partial charge < -0.3 is 21.1 Å². The maximum atomic E-state index is 12.7. The van der Waals surface area contributed by atoms with Crippen LogP contribution in [0.2, 0.25) is 0 Å². The molecule has 0 rings (SSSR count). The quantitative estimate of drug-likeness (QED) is 0.0284. The summed E-state index contributed by atoms with van der Waals surface area (Å²) in [5.74, 6) is -0.204. The Morgan fingerprint density at radius 2 is 1.08 bits per heavy atom. The third-order valence-electron chi connectivity index (χ3n) is 9.03. The minimum absolute atomic E-state index is 0.0757. The predicted octanol–water partition coefficient (Wildman–Crippen LogP) is 11.0. The van der Waals surface area contributed by atoms with Crippen LogP contribution in [0.5, 0.6) is 0 Å². The van der Waals surface area contributed by atoms with Gasteiger partial charge in [0.05, 0.1) is 25.4 Å². The van der Waals surface area contributed by atoms with Crippen LogP contribution < -0.4 is 11.1 Å². The molecule has 290 valence electrons. The highest BCUT2D eigenvalue weighted by atomic mass is 31.2. The second-order valence-corrected chi connectivity index (χ2v) is 15.3. The molecule has 0 heterocycles. The number of carbonyl (C=O) groups excluding carboxylic acids is 1. The average Bonchev–Trinajstić information content (AvgIpc) is 3.09. The summed E-state index contributed by atoms with van der Waals surface area (Å²) in [4.78, 5) is 22.6. The number of aliphatic hydroxyl groups excluding tert-OH is 1. The van der Waals surface area contributed by atoms with E-state index in [0.717, 1.165) is 38.5 Å². The Hall–Kier alpha value is -1.02. The molecule has 5 N–H and O–H groups in total. The Morgan fingerprint density at radius 3 is 1.57 bits per heavy atom. The number of nitrogens with one attached hydrogen (secondary N) is 1. The van der Waals surface area contributed by atoms with Crippen LogP contribution in [0.3, 0.4) is 0 Å². The van der Waals surface area contributed by atoms with Crippen LogP contribution in [0.15, 0.2) is 24.3 Å². The summed E-state index contributed by atoms with van der Waals surface area (Å²) in [5, 5.41) is 13.6. The van der Waals surface area contributed by atoms with Crippen molar-refractivity contribution in [1.29, 1.82) is 0 Å². The van der Waals surface area contributed by atoms with Gasteiger partial charge in [-0.15, -0.1) is 0 Å². The molecule has 0 aliphatic rings. The normalized spacial score (nSPS) is 14.5. The molecular formula is C40H79N2O6P. The van der Waals surface area contributed by atoms with Crippen LogP contribution in [0, 0.1) is 0 Å². The van der Waals surface area contributed by atoms with E-state index < -0.39 is 20.0 Å². The summed E-state index contributed by atoms with van der Waals surface area (Å²) in [6.07, 6.45) is 40.8. The number of hydrogen-bond acceptors (Lipinski definition) is 6. The van der Waals surface area contributed by atoms with E-state index in [9.17, 15) is 19.4 Å². The molecule has 3 unspecified atom stereocenters. The fourth-order valence-electron chi connectivity index (χ4n) is 5.91. The molecule has 0 aromatic rings. The van der Waals surface area contributed by atoms with Crippen molar-refractivity contribution in [2.45, 2.75) is 206 Å². The first kappa shape index (κ1) is 48.0. The molecule has 9 heteroatoms. The number of carbonyl (C=O) groups is 1. The van der Waals surface area contributed by atoms with Gasteiger partial charge in [0.1, 0.15) is 0 Å². The topological polar surface area (TPSA) is 131 Å². The van der Waals surface area contributed by atoms with E-state index in [2.05, 4.69) is 31.3 Å². The third kappa shape index (κ3) is 35.2. The van der Waals surface area contributed by atoms with Crippen LogP contribution in [-0.4, -0.2) is 47.8 Å². The molecule has 0 aliphatic heterocycles. The van der Waals surface area contributed by atoms with E-state index in [1.165, 1.54) is 135 Å². The Kier molecular flexibility index (Phi) is 36.0. The summed E-state index contributed by atoms with van der Waals surface area (Å²) >= 11 is 0. The number of aliphatic hydroxyl groups is 1. The average molecular weight is 715 g/mol. The van der Waals surface area contributed by atoms with Crippen LogP contribution in [0.4, 0.5) is 0 Å². The molecule has 8 nitrogen and oxygen atoms in total. The standard InChI is InChI=1S/C40H79N2O6P/c1-3-5-7-9-11-13-15-17-18-19-20-22-23-25-27-29-31-33-39(43)38(37-48-49(45,46)47-36-35-41)42-40(44)34-32-30-28-26-24-21-16-14-12-10-8-6-4-2/h23,25,31,33,38-39,43H,3-22,24,26-30,32,34-37,41H2,1-2H3,(H,42,44)(H,45,46)/b25-23+,33-31+. The lowest BCUT2D eigenvalue weighted by atomic mass is 10.0. The third-order valence-corrected chi connectivity index (χ3v) is 10.0. The van der Waals surface area contributed by atoms with Gasteiger partial charge in [-0.25, -0.2) is 4.57 Å². The van der Waals surface area contributed by atoms with Crippen molar-refractivity contribution in [2.24, 2.45) is 5.73 Å². The number of phosphoric ester groups is 1. The lowest BCUT2D eigenvalue weighted by Crippen LogP contribution is -2.45. The molecule has 0 saturated carbocycles. The fraction of sp³-hybridized carbons (Fsp3) is 0.875. The summed E-state index contributed by atoms with van der Waals surface area (Å²) in [6, 6.07) is -0.871. The monoisotopic (exact) mass is 715 g/mol. The summed E-state index contributed by atoms with van der Waals surface area (Å²) in [5.41, 5.74) is 5.36. The number of rotatable bonds is 38. The van der Waals surface area contributed by atoms with Crippen molar-refractivity contribution in [3.63, 3.8) is 0 Å². The van der Waals surface area contributed by atoms with Gasteiger partial charge in [-0.2, -0.15) is 0 Å². The first-order valence-electron chi connectivity index (χ1n) is 20.5. The number of nitrogens with two attached hydrogens (primary N) is 1. The number of unbranched alkanes of at least 4 members (excludes halogenated alkanes) is 24. The molecule has 0 bridgehead atoms. The molecule has 3 atom stereocenters. The van der Waals surface area contributed by atoms with E-state index in [0.29, 0.717) is 6.42 Å². The lowest BCUT2D eigenvalue weighted by Gasteiger charge is -2.23. The lowest BCUT2D eigenvalue weighted by molar-refractivity contribution is -0.123. The maximum Gasteiger partial charge on any atom is 0.472 e. The van der Waals surface area contributed by atoms with Crippen molar-refractivity contribution in [3.8, 4) is 0 Å². The van der Waals surface area contributed by atoms with Crippen LogP contribution in [0.25, 0.3) is 0 Å². The van der Waals surface area contributed by atoms with Gasteiger partial charge in [-0.3, -0.25) is 13.8 Å². The highest BCUT2D eigenvalue weighted by Crippen LogP contribution is 2.43. The van der Waals surface area contributed by atoms with Crippen molar-refractivity contribution in [2.75, 3.05) is 19.8 Å². The molecule has 0 spiro atoms. The first-order valence-corrected chi connectivity index (χ1v) is 22.0. The Morgan fingerprint density at radius 1 is 0.653 bits per heavy atom. The molecule has 1 amide bonds. The summed E-state index contributed by atoms with van der Waals surface area (Å²) in [6.45, 7) is 4.11. The molecule has 0 aromatic carbocycles. The molecular weight excluding hydrogens is 635 g/mol. The van der Waals surface area contributed by atoms with Gasteiger partial charge in [0.2, 0.25) is 5.91 Å². The van der Waals surface area contributed by atoms with Gasteiger partial charge in [0, 0.05) is 13.0 Å². The smallest absolute Gasteiger partial charge is 0.387 e. The molecule has 49 heavy (non-hydrogen) atoms. The number of phosphoric acid groups is 1. The summed E-state index contributed by atoms with van der Waals surface area (Å²) in [7, 11) is -4.34. The Bertz CT molecular complexity index is 825. The fourth-order valence-corrected chi connectivity index (χ4v) is 6.67. The Labute approximate surface area is 302 Å². The number of hydrogen-bond donors (Lipinski definition) is 4. The largest absolute Gasteiger partial charge is 0.472 e. The van der Waals surface area contributed by atoms with Crippen LogP contribution in [0.1, 0.15) is 194 Å². The van der Waals surface area contributed by atoms with E-state index in [4.69, 9.17) is 14.8 Å². The highest BCUT2D eigenvalue weighted by Gasteiger charge is 2.26. The minimum Gasteiger partial charge on any atom is -0.387 e. The highest BCUT2D eigenvalue weighted by molar-refractivity contribution is 7.47. The van der Waals surface area contributed by atoms with Gasteiger partial charge >= 0.3 is 7.82 Å². The zero-order valence-corrected chi connectivity index (χ0v) is 32.8. The second kappa shape index (κ2) is 36.8. The number of allylic oxidation sites excluding steroid dienone is 3. The van der Waals surface area contributed by atoms with E-state index >= 15 is 0 Å². The van der Waals surface area contributed by atoms with Crippen molar-refractivity contribution >= 4 is 13.7 Å². The minimum atomic E-state index is -4.34. The van der Waals surface area contributed by atoms with Crippen LogP contribution in [-0.2, 0) is 18.4 Å². The van der Waals surface area contributed by atoms with Gasteiger partial charge in [0.15, 0.2) is 0 Å². The van der Waals surface area contributed by atoms with Gasteiger partial charge in [-0.1, -0.05) is 179 Å².